The van der Waals surface area contributed by atoms with Gasteiger partial charge in [-0.25, -0.2) is 12.8 Å². The third-order valence-electron chi connectivity index (χ3n) is 5.79. The smallest absolute Gasteiger partial charge is 0.233 e. The molecule has 1 spiro atoms. The minimum atomic E-state index is -5.14. The van der Waals surface area contributed by atoms with Crippen LogP contribution < -0.4 is 0 Å². The van der Waals surface area contributed by atoms with Gasteiger partial charge in [0.1, 0.15) is 0 Å². The molecule has 0 saturated heterocycles. The van der Waals surface area contributed by atoms with Gasteiger partial charge < -0.3 is 0 Å². The Morgan fingerprint density at radius 2 is 1.53 bits per heavy atom. The van der Waals surface area contributed by atoms with E-state index in [0.717, 1.165) is 6.07 Å². The molecule has 2 unspecified atom stereocenters. The molecule has 0 radical (unpaired) electrons. The molecule has 4 rings (SSSR count). The van der Waals surface area contributed by atoms with Crippen LogP contribution in [0.3, 0.4) is 0 Å². The van der Waals surface area contributed by atoms with Crippen molar-refractivity contribution >= 4 is 15.4 Å². The summed E-state index contributed by atoms with van der Waals surface area (Å²) >= 11 is 0. The molecule has 0 aliphatic heterocycles. The molecule has 2 aromatic carbocycles. The number of sulfone groups is 1. The van der Waals surface area contributed by atoms with Crippen LogP contribution in [0.15, 0.2) is 65.6 Å². The van der Waals surface area contributed by atoms with Crippen LogP contribution in [-0.4, -0.2) is 14.4 Å². The summed E-state index contributed by atoms with van der Waals surface area (Å²) < 4.78 is 115. The van der Waals surface area contributed by atoms with E-state index in [1.54, 1.807) is 18.2 Å². The van der Waals surface area contributed by atoms with Gasteiger partial charge in [-0.3, -0.25) is 0 Å². The maximum absolute atomic E-state index is 13.2. The summed E-state index contributed by atoms with van der Waals surface area (Å²) in [5, 5.41) is 0. The van der Waals surface area contributed by atoms with Crippen molar-refractivity contribution in [1.82, 2.24) is 0 Å². The van der Waals surface area contributed by atoms with Crippen molar-refractivity contribution in [3.05, 3.63) is 82.9 Å². The number of allylic oxidation sites excluding steroid dienone is 4. The van der Waals surface area contributed by atoms with Crippen LogP contribution in [0.1, 0.15) is 34.6 Å². The van der Waals surface area contributed by atoms with Gasteiger partial charge in [-0.1, -0.05) is 36.4 Å². The second kappa shape index (κ2) is 7.19. The lowest BCUT2D eigenvalue weighted by molar-refractivity contribution is -0.162. The molecule has 1 saturated carbocycles. The maximum atomic E-state index is 13.2. The first-order chi connectivity index (χ1) is 14.8. The van der Waals surface area contributed by atoms with Crippen molar-refractivity contribution in [2.75, 3.05) is 6.01 Å². The van der Waals surface area contributed by atoms with Gasteiger partial charge in [0.25, 0.3) is 0 Å². The van der Waals surface area contributed by atoms with Gasteiger partial charge in [-0.15, -0.1) is 0 Å². The number of benzene rings is 2. The number of hydrogen-bond donors (Lipinski definition) is 0. The van der Waals surface area contributed by atoms with Crippen LogP contribution in [-0.2, 0) is 22.2 Å². The highest BCUT2D eigenvalue weighted by Gasteiger charge is 2.54. The third-order valence-corrected chi connectivity index (χ3v) is 7.07. The van der Waals surface area contributed by atoms with Crippen LogP contribution in [0.25, 0.3) is 5.57 Å². The molecule has 2 aromatic rings. The summed E-state index contributed by atoms with van der Waals surface area (Å²) in [6.07, 6.45) is -4.51. The molecular weight excluding hydrogens is 461 g/mol. The van der Waals surface area contributed by atoms with E-state index in [1.807, 2.05) is 0 Å². The van der Waals surface area contributed by atoms with Crippen LogP contribution in [0.4, 0.5) is 30.7 Å². The van der Waals surface area contributed by atoms with Crippen molar-refractivity contribution in [3.8, 4) is 0 Å². The lowest BCUT2D eigenvalue weighted by Crippen LogP contribution is -2.17. The molecule has 0 N–H and O–H groups in total. The first kappa shape index (κ1) is 22.6. The van der Waals surface area contributed by atoms with Crippen molar-refractivity contribution in [3.63, 3.8) is 0 Å². The van der Waals surface area contributed by atoms with E-state index in [2.05, 4.69) is 0 Å². The summed E-state index contributed by atoms with van der Waals surface area (Å²) in [4.78, 5) is -0.172. The molecule has 0 bridgehead atoms. The molecule has 2 aliphatic carbocycles. The molecule has 2 atom stereocenters. The Kier molecular flexibility index (Phi) is 5.07. The minimum absolute atomic E-state index is 0.164. The van der Waals surface area contributed by atoms with Gasteiger partial charge >= 0.3 is 12.4 Å². The number of alkyl halides is 7. The quantitative estimate of drug-likeness (QED) is 0.469. The lowest BCUT2D eigenvalue weighted by atomic mass is 9.95. The molecular formula is C22H15F7O2S. The molecule has 0 aromatic heterocycles. The number of rotatable bonds is 4. The molecule has 10 heteroatoms. The van der Waals surface area contributed by atoms with Crippen LogP contribution in [0.2, 0.25) is 0 Å². The van der Waals surface area contributed by atoms with Gasteiger partial charge in [-0.2, -0.15) is 26.3 Å². The Hall–Kier alpha value is -2.62. The van der Waals surface area contributed by atoms with E-state index in [-0.39, 0.29) is 10.5 Å². The Morgan fingerprint density at radius 1 is 0.906 bits per heavy atom. The summed E-state index contributed by atoms with van der Waals surface area (Å²) in [6.45, 7) is 0. The normalized spacial score (nSPS) is 23.0. The van der Waals surface area contributed by atoms with E-state index in [0.29, 0.717) is 29.7 Å². The fourth-order valence-electron chi connectivity index (χ4n) is 4.05. The van der Waals surface area contributed by atoms with Crippen molar-refractivity contribution in [1.29, 1.82) is 0 Å². The average Bonchev–Trinajstić information content (AvgIpc) is 3.25. The number of hydrogen-bond acceptors (Lipinski definition) is 2. The highest BCUT2D eigenvalue weighted by Crippen LogP contribution is 2.65. The fourth-order valence-corrected chi connectivity index (χ4v) is 4.73. The second-order valence-electron chi connectivity index (χ2n) is 7.85. The third kappa shape index (κ3) is 3.96. The zero-order chi connectivity index (χ0) is 23.5. The Labute approximate surface area is 179 Å². The SMILES string of the molecule is O=S(=O)(CF)c1ccc(C2=CC3(C=C2)CC3c2ccc(C(F)(F)F)c(C(F)(F)F)c2)cc1. The van der Waals surface area contributed by atoms with Crippen LogP contribution in [0, 0.1) is 5.41 Å². The molecule has 0 heterocycles. The summed E-state index contributed by atoms with van der Waals surface area (Å²) in [6, 6.07) is 6.11. The van der Waals surface area contributed by atoms with Gasteiger partial charge in [0.2, 0.25) is 9.84 Å². The highest BCUT2D eigenvalue weighted by molar-refractivity contribution is 7.91. The van der Waals surface area contributed by atoms with E-state index in [1.165, 1.54) is 24.3 Å². The largest absolute Gasteiger partial charge is 0.417 e. The van der Waals surface area contributed by atoms with E-state index in [9.17, 15) is 39.2 Å². The lowest BCUT2D eigenvalue weighted by Gasteiger charge is -2.17. The molecule has 170 valence electrons. The van der Waals surface area contributed by atoms with Crippen molar-refractivity contribution < 1.29 is 39.2 Å². The zero-order valence-electron chi connectivity index (χ0n) is 16.1. The van der Waals surface area contributed by atoms with Gasteiger partial charge in [-0.05, 0) is 53.3 Å². The van der Waals surface area contributed by atoms with Crippen LogP contribution in [0.5, 0.6) is 0 Å². The Balaban J connectivity index is 1.62. The van der Waals surface area contributed by atoms with Gasteiger partial charge in [0.15, 0.2) is 6.01 Å². The van der Waals surface area contributed by atoms with E-state index >= 15 is 0 Å². The van der Waals surface area contributed by atoms with Crippen LogP contribution >= 0.6 is 0 Å². The highest BCUT2D eigenvalue weighted by atomic mass is 32.2. The predicted octanol–water partition coefficient (Wildman–Crippen LogP) is 6.55. The van der Waals surface area contributed by atoms with Crippen molar-refractivity contribution in [2.24, 2.45) is 5.41 Å². The summed E-state index contributed by atoms with van der Waals surface area (Å²) in [5.41, 5.74) is -2.55. The molecule has 32 heavy (non-hydrogen) atoms. The fraction of sp³-hybridized carbons (Fsp3) is 0.273. The zero-order valence-corrected chi connectivity index (χ0v) is 17.0. The topological polar surface area (TPSA) is 34.1 Å². The first-order valence-electron chi connectivity index (χ1n) is 9.36. The minimum Gasteiger partial charge on any atom is -0.233 e. The molecule has 1 fully saturated rings. The standard InChI is InChI=1S/C22H15F7O2S/c23-12-32(30,31)16-4-1-13(2-5-16)15-7-8-20(10-15)11-19(20)14-3-6-17(21(24,25)26)18(9-14)22(27,28)29/h1-10,19H,11-12H2. The average molecular weight is 476 g/mol. The molecule has 2 nitrogen and oxygen atoms in total. The van der Waals surface area contributed by atoms with Crippen molar-refractivity contribution in [2.45, 2.75) is 29.6 Å². The Bertz CT molecular complexity index is 1220. The van der Waals surface area contributed by atoms with Gasteiger partial charge in [0.05, 0.1) is 16.0 Å². The van der Waals surface area contributed by atoms with Gasteiger partial charge in [0, 0.05) is 5.41 Å². The first-order valence-corrected chi connectivity index (χ1v) is 11.0. The summed E-state index contributed by atoms with van der Waals surface area (Å²) in [5.74, 6) is -0.411. The van der Waals surface area contributed by atoms with E-state index < -0.39 is 50.7 Å². The Morgan fingerprint density at radius 3 is 2.09 bits per heavy atom. The van der Waals surface area contributed by atoms with E-state index in [4.69, 9.17) is 0 Å². The molecule has 0 amide bonds. The second-order valence-corrected chi connectivity index (χ2v) is 9.77. The summed E-state index contributed by atoms with van der Waals surface area (Å²) in [7, 11) is -4.00. The predicted molar refractivity (Wildman–Crippen MR) is 103 cm³/mol. The monoisotopic (exact) mass is 476 g/mol. The number of halogens is 7. The maximum Gasteiger partial charge on any atom is 0.417 e. The molecule has 2 aliphatic rings.